The quantitative estimate of drug-likeness (QED) is 0.442. The molecule has 36 heavy (non-hydrogen) atoms. The summed E-state index contributed by atoms with van der Waals surface area (Å²) in [5, 5.41) is 5.10. The Bertz CT molecular complexity index is 1490. The van der Waals surface area contributed by atoms with Gasteiger partial charge in [-0.05, 0) is 60.5 Å². The van der Waals surface area contributed by atoms with Crippen molar-refractivity contribution < 1.29 is 30.8 Å². The van der Waals surface area contributed by atoms with Crippen molar-refractivity contribution in [3.63, 3.8) is 0 Å². The third kappa shape index (κ3) is 5.21. The van der Waals surface area contributed by atoms with Crippen molar-refractivity contribution in [3.8, 4) is 0 Å². The lowest BCUT2D eigenvalue weighted by atomic mass is 10.1. The molecule has 2 amide bonds. The average molecular weight is 532 g/mol. The number of carbonyl (C=O) groups is 2. The second kappa shape index (κ2) is 9.90. The van der Waals surface area contributed by atoms with Crippen LogP contribution in [0, 0.1) is 5.82 Å². The van der Waals surface area contributed by atoms with E-state index in [1.165, 1.54) is 12.1 Å². The number of nitrogens with two attached hydrogens (primary N) is 1. The standard InChI is InChI=1S/C24H22FN3O6S2/c25-18-6-10-21(11-7-18)36(33,34)27(15-14-17-4-2-1-3-5-17)22-16-23(29)28(24(22)30)19-8-12-20(13-9-19)35(26,31)32/h1-13,22H,14-16H2,(H2,26,31,32). The molecule has 1 fully saturated rings. The number of hydrogen-bond donors (Lipinski definition) is 1. The lowest BCUT2D eigenvalue weighted by Gasteiger charge is -2.27. The highest BCUT2D eigenvalue weighted by atomic mass is 32.2. The summed E-state index contributed by atoms with van der Waals surface area (Å²) in [5.74, 6) is -2.04. The van der Waals surface area contributed by atoms with Crippen LogP contribution in [-0.4, -0.2) is 45.5 Å². The number of imide groups is 1. The molecule has 3 aromatic carbocycles. The summed E-state index contributed by atoms with van der Waals surface area (Å²) in [7, 11) is -8.27. The largest absolute Gasteiger partial charge is 0.274 e. The number of nitrogens with zero attached hydrogens (tertiary/aromatic N) is 2. The molecule has 3 aromatic rings. The van der Waals surface area contributed by atoms with Gasteiger partial charge in [0.2, 0.25) is 26.0 Å². The van der Waals surface area contributed by atoms with Crippen LogP contribution in [0.5, 0.6) is 0 Å². The minimum Gasteiger partial charge on any atom is -0.274 e. The highest BCUT2D eigenvalue weighted by Crippen LogP contribution is 2.30. The zero-order chi connectivity index (χ0) is 26.1. The molecule has 12 heteroatoms. The fourth-order valence-electron chi connectivity index (χ4n) is 3.97. The lowest BCUT2D eigenvalue weighted by molar-refractivity contribution is -0.122. The molecule has 0 spiro atoms. The number of primary sulfonamides is 1. The third-order valence-electron chi connectivity index (χ3n) is 5.78. The summed E-state index contributed by atoms with van der Waals surface area (Å²) >= 11 is 0. The van der Waals surface area contributed by atoms with Crippen molar-refractivity contribution in [2.45, 2.75) is 28.7 Å². The molecule has 0 radical (unpaired) electrons. The number of rotatable bonds is 8. The number of anilines is 1. The molecule has 0 aromatic heterocycles. The Kier molecular flexibility index (Phi) is 7.05. The smallest absolute Gasteiger partial charge is 0.252 e. The maximum absolute atomic E-state index is 13.5. The van der Waals surface area contributed by atoms with E-state index in [4.69, 9.17) is 5.14 Å². The molecule has 188 valence electrons. The van der Waals surface area contributed by atoms with Crippen molar-refractivity contribution in [2.24, 2.45) is 5.14 Å². The number of benzene rings is 3. The molecule has 4 rings (SSSR count). The fourth-order valence-corrected chi connectivity index (χ4v) is 6.06. The van der Waals surface area contributed by atoms with Gasteiger partial charge in [-0.1, -0.05) is 30.3 Å². The summed E-state index contributed by atoms with van der Waals surface area (Å²) in [6, 6.07) is 16.7. The first-order valence-corrected chi connectivity index (χ1v) is 13.8. The first-order chi connectivity index (χ1) is 17.0. The monoisotopic (exact) mass is 531 g/mol. The van der Waals surface area contributed by atoms with Gasteiger partial charge in [-0.25, -0.2) is 31.3 Å². The van der Waals surface area contributed by atoms with Gasteiger partial charge in [0.1, 0.15) is 11.9 Å². The molecule has 0 aliphatic carbocycles. The van der Waals surface area contributed by atoms with Crippen LogP contribution >= 0.6 is 0 Å². The first-order valence-electron chi connectivity index (χ1n) is 10.8. The summed E-state index contributed by atoms with van der Waals surface area (Å²) in [6.45, 7) is -0.106. The number of amides is 2. The highest BCUT2D eigenvalue weighted by molar-refractivity contribution is 7.89. The van der Waals surface area contributed by atoms with E-state index in [1.807, 2.05) is 18.2 Å². The molecule has 1 aliphatic heterocycles. The molecular formula is C24H22FN3O6S2. The predicted octanol–water partition coefficient (Wildman–Crippen LogP) is 2.04. The molecule has 1 unspecified atom stereocenters. The van der Waals surface area contributed by atoms with Gasteiger partial charge in [0.15, 0.2) is 0 Å². The van der Waals surface area contributed by atoms with E-state index in [2.05, 4.69) is 0 Å². The van der Waals surface area contributed by atoms with Crippen molar-refractivity contribution in [3.05, 3.63) is 90.2 Å². The Balaban J connectivity index is 1.68. The van der Waals surface area contributed by atoms with Crippen molar-refractivity contribution in [2.75, 3.05) is 11.4 Å². The highest BCUT2D eigenvalue weighted by Gasteiger charge is 2.46. The second-order valence-corrected chi connectivity index (χ2v) is 11.6. The van der Waals surface area contributed by atoms with E-state index in [9.17, 15) is 30.8 Å². The molecule has 1 saturated heterocycles. The molecule has 0 saturated carbocycles. The maximum atomic E-state index is 13.5. The number of sulfonamides is 2. The van der Waals surface area contributed by atoms with Crippen LogP contribution in [0.3, 0.4) is 0 Å². The van der Waals surface area contributed by atoms with Crippen LogP contribution in [0.15, 0.2) is 88.7 Å². The van der Waals surface area contributed by atoms with Crippen LogP contribution in [0.4, 0.5) is 10.1 Å². The molecule has 1 atom stereocenters. The Morgan fingerprint density at radius 1 is 0.861 bits per heavy atom. The van der Waals surface area contributed by atoms with E-state index in [1.54, 1.807) is 12.1 Å². The lowest BCUT2D eigenvalue weighted by Crippen LogP contribution is -2.46. The minimum atomic E-state index is -4.29. The number of hydrogen-bond acceptors (Lipinski definition) is 6. The molecule has 1 aliphatic rings. The second-order valence-electron chi connectivity index (χ2n) is 8.13. The van der Waals surface area contributed by atoms with Crippen LogP contribution in [-0.2, 0) is 36.1 Å². The summed E-state index contributed by atoms with van der Waals surface area (Å²) in [5.41, 5.74) is 0.908. The van der Waals surface area contributed by atoms with E-state index < -0.39 is 50.1 Å². The van der Waals surface area contributed by atoms with Crippen LogP contribution < -0.4 is 10.0 Å². The predicted molar refractivity (Wildman–Crippen MR) is 129 cm³/mol. The van der Waals surface area contributed by atoms with E-state index in [0.717, 1.165) is 51.2 Å². The molecular weight excluding hydrogens is 509 g/mol. The van der Waals surface area contributed by atoms with E-state index in [0.29, 0.717) is 0 Å². The fraction of sp³-hybridized carbons (Fsp3) is 0.167. The Hall–Kier alpha value is -3.45. The van der Waals surface area contributed by atoms with E-state index >= 15 is 0 Å². The zero-order valence-electron chi connectivity index (χ0n) is 18.8. The van der Waals surface area contributed by atoms with Gasteiger partial charge in [0.25, 0.3) is 5.91 Å². The topological polar surface area (TPSA) is 135 Å². The van der Waals surface area contributed by atoms with Crippen molar-refractivity contribution in [1.82, 2.24) is 4.31 Å². The summed E-state index contributed by atoms with van der Waals surface area (Å²) < 4.78 is 64.5. The Morgan fingerprint density at radius 3 is 2.03 bits per heavy atom. The van der Waals surface area contributed by atoms with Gasteiger partial charge < -0.3 is 0 Å². The Morgan fingerprint density at radius 2 is 1.44 bits per heavy atom. The van der Waals surface area contributed by atoms with E-state index in [-0.39, 0.29) is 28.4 Å². The SMILES string of the molecule is NS(=O)(=O)c1ccc(N2C(=O)CC(N(CCc3ccccc3)S(=O)(=O)c3ccc(F)cc3)C2=O)cc1. The molecule has 0 bridgehead atoms. The number of halogens is 1. The van der Waals surface area contributed by atoms with Gasteiger partial charge in [0, 0.05) is 6.54 Å². The van der Waals surface area contributed by atoms with Gasteiger partial charge in [-0.15, -0.1) is 0 Å². The van der Waals surface area contributed by atoms with Crippen LogP contribution in [0.1, 0.15) is 12.0 Å². The zero-order valence-corrected chi connectivity index (χ0v) is 20.5. The minimum absolute atomic E-state index is 0.0853. The molecule has 9 nitrogen and oxygen atoms in total. The molecule has 2 N–H and O–H groups in total. The summed E-state index contributed by atoms with van der Waals surface area (Å²) in [4.78, 5) is 26.6. The van der Waals surface area contributed by atoms with Gasteiger partial charge in [0.05, 0.1) is 21.9 Å². The van der Waals surface area contributed by atoms with Crippen molar-refractivity contribution >= 4 is 37.5 Å². The third-order valence-corrected chi connectivity index (χ3v) is 8.63. The average Bonchev–Trinajstić information content (AvgIpc) is 3.13. The number of carbonyl (C=O) groups excluding carboxylic acids is 2. The van der Waals surface area contributed by atoms with Gasteiger partial charge in [-0.2, -0.15) is 4.31 Å². The summed E-state index contributed by atoms with van der Waals surface area (Å²) in [6.07, 6.45) is -0.146. The first kappa shape index (κ1) is 25.6. The van der Waals surface area contributed by atoms with Crippen LogP contribution in [0.2, 0.25) is 0 Å². The van der Waals surface area contributed by atoms with Crippen molar-refractivity contribution in [1.29, 1.82) is 0 Å². The maximum Gasteiger partial charge on any atom is 0.252 e. The van der Waals surface area contributed by atoms with Crippen LogP contribution in [0.25, 0.3) is 0 Å². The van der Waals surface area contributed by atoms with Gasteiger partial charge >= 0.3 is 0 Å². The Labute approximate surface area is 208 Å². The molecule has 1 heterocycles. The normalized spacial score (nSPS) is 16.6. The van der Waals surface area contributed by atoms with Gasteiger partial charge in [-0.3, -0.25) is 9.59 Å².